The van der Waals surface area contributed by atoms with Crippen LogP contribution in [0.4, 0.5) is 5.69 Å². The first-order valence-electron chi connectivity index (χ1n) is 8.24. The smallest absolute Gasteiger partial charge is 0.253 e. The Labute approximate surface area is 166 Å². The summed E-state index contributed by atoms with van der Waals surface area (Å²) in [5.74, 6) is 0.556. The standard InChI is InChI=1S/C19H18Cl2N2O2S/c20-13-6-5-12(16(21)9-13)10-26-11-18(24)23-17-4-2-1-3-15(17)19(25)22-14-7-8-14/h1-6,9,14H,7-8,10-11H2,(H,22,25)(H,23,24). The van der Waals surface area contributed by atoms with Crippen LogP contribution in [-0.4, -0.2) is 23.6 Å². The van der Waals surface area contributed by atoms with Gasteiger partial charge in [0.05, 0.1) is 17.0 Å². The van der Waals surface area contributed by atoms with E-state index in [2.05, 4.69) is 10.6 Å². The van der Waals surface area contributed by atoms with Crippen molar-refractivity contribution >= 4 is 52.5 Å². The second-order valence-electron chi connectivity index (χ2n) is 6.07. The average molecular weight is 409 g/mol. The Bertz CT molecular complexity index is 825. The van der Waals surface area contributed by atoms with Gasteiger partial charge in [-0.15, -0.1) is 11.8 Å². The lowest BCUT2D eigenvalue weighted by atomic mass is 10.1. The van der Waals surface area contributed by atoms with Gasteiger partial charge in [0.15, 0.2) is 0 Å². The fraction of sp³-hybridized carbons (Fsp3) is 0.263. The van der Waals surface area contributed by atoms with Crippen LogP contribution in [0.5, 0.6) is 0 Å². The Balaban J connectivity index is 1.54. The van der Waals surface area contributed by atoms with Gasteiger partial charge < -0.3 is 10.6 Å². The van der Waals surface area contributed by atoms with Gasteiger partial charge in [-0.3, -0.25) is 9.59 Å². The summed E-state index contributed by atoms with van der Waals surface area (Å²) in [4.78, 5) is 24.5. The molecule has 26 heavy (non-hydrogen) atoms. The molecular formula is C19H18Cl2N2O2S. The van der Waals surface area contributed by atoms with Crippen molar-refractivity contribution in [1.82, 2.24) is 5.32 Å². The highest BCUT2D eigenvalue weighted by Gasteiger charge is 2.25. The summed E-state index contributed by atoms with van der Waals surface area (Å²) in [5, 5.41) is 6.93. The summed E-state index contributed by atoms with van der Waals surface area (Å²) in [7, 11) is 0. The van der Waals surface area contributed by atoms with Crippen LogP contribution in [0.2, 0.25) is 10.0 Å². The van der Waals surface area contributed by atoms with E-state index < -0.39 is 0 Å². The summed E-state index contributed by atoms with van der Waals surface area (Å²) in [5.41, 5.74) is 1.94. The van der Waals surface area contributed by atoms with Gasteiger partial charge in [0.1, 0.15) is 0 Å². The first-order chi connectivity index (χ1) is 12.5. The van der Waals surface area contributed by atoms with E-state index in [1.807, 2.05) is 6.07 Å². The molecule has 1 aliphatic carbocycles. The monoisotopic (exact) mass is 408 g/mol. The molecule has 0 heterocycles. The van der Waals surface area contributed by atoms with Crippen molar-refractivity contribution in [2.45, 2.75) is 24.6 Å². The van der Waals surface area contributed by atoms with Gasteiger partial charge >= 0.3 is 0 Å². The van der Waals surface area contributed by atoms with Crippen molar-refractivity contribution in [3.8, 4) is 0 Å². The fourth-order valence-electron chi connectivity index (χ4n) is 2.36. The maximum absolute atomic E-state index is 12.3. The van der Waals surface area contributed by atoms with Crippen molar-refractivity contribution in [2.75, 3.05) is 11.1 Å². The minimum absolute atomic E-state index is 0.149. The summed E-state index contributed by atoms with van der Waals surface area (Å²) < 4.78 is 0. The van der Waals surface area contributed by atoms with E-state index in [0.717, 1.165) is 18.4 Å². The number of halogens is 2. The Morgan fingerprint density at radius 2 is 1.88 bits per heavy atom. The number of thioether (sulfide) groups is 1. The van der Waals surface area contributed by atoms with Gasteiger partial charge in [0.2, 0.25) is 5.91 Å². The number of carbonyl (C=O) groups excluding carboxylic acids is 2. The second-order valence-corrected chi connectivity index (χ2v) is 7.90. The lowest BCUT2D eigenvalue weighted by Gasteiger charge is -2.11. The highest BCUT2D eigenvalue weighted by molar-refractivity contribution is 7.99. The van der Waals surface area contributed by atoms with E-state index in [-0.39, 0.29) is 23.6 Å². The van der Waals surface area contributed by atoms with Crippen LogP contribution in [0, 0.1) is 0 Å². The lowest BCUT2D eigenvalue weighted by Crippen LogP contribution is -2.27. The summed E-state index contributed by atoms with van der Waals surface area (Å²) >= 11 is 13.5. The molecule has 1 saturated carbocycles. The highest BCUT2D eigenvalue weighted by Crippen LogP contribution is 2.25. The fourth-order valence-corrected chi connectivity index (χ4v) is 3.75. The minimum Gasteiger partial charge on any atom is -0.349 e. The number of hydrogen-bond acceptors (Lipinski definition) is 3. The van der Waals surface area contributed by atoms with Gasteiger partial charge in [-0.2, -0.15) is 0 Å². The topological polar surface area (TPSA) is 58.2 Å². The van der Waals surface area contributed by atoms with Crippen molar-refractivity contribution in [1.29, 1.82) is 0 Å². The lowest BCUT2D eigenvalue weighted by molar-refractivity contribution is -0.113. The third-order valence-corrected chi connectivity index (χ3v) is 5.43. The number of carbonyl (C=O) groups is 2. The van der Waals surface area contributed by atoms with Crippen LogP contribution in [0.1, 0.15) is 28.8 Å². The molecule has 0 spiro atoms. The maximum Gasteiger partial charge on any atom is 0.253 e. The number of para-hydroxylation sites is 1. The van der Waals surface area contributed by atoms with E-state index >= 15 is 0 Å². The molecule has 0 radical (unpaired) electrons. The number of amides is 2. The molecule has 3 rings (SSSR count). The molecule has 1 aliphatic rings. The zero-order chi connectivity index (χ0) is 18.5. The first kappa shape index (κ1) is 19.1. The van der Waals surface area contributed by atoms with E-state index in [4.69, 9.17) is 23.2 Å². The minimum atomic E-state index is -0.160. The SMILES string of the molecule is O=C(CSCc1ccc(Cl)cc1Cl)Nc1ccccc1C(=O)NC1CC1. The highest BCUT2D eigenvalue weighted by atomic mass is 35.5. The van der Waals surface area contributed by atoms with Crippen molar-refractivity contribution in [3.63, 3.8) is 0 Å². The molecule has 2 amide bonds. The van der Waals surface area contributed by atoms with Crippen LogP contribution < -0.4 is 10.6 Å². The number of nitrogens with one attached hydrogen (secondary N) is 2. The van der Waals surface area contributed by atoms with Gasteiger partial charge in [-0.25, -0.2) is 0 Å². The number of anilines is 1. The van der Waals surface area contributed by atoms with Crippen molar-refractivity contribution in [2.24, 2.45) is 0 Å². The molecular weight excluding hydrogens is 391 g/mol. The summed E-state index contributed by atoms with van der Waals surface area (Å²) in [6, 6.07) is 12.6. The van der Waals surface area contributed by atoms with Crippen molar-refractivity contribution < 1.29 is 9.59 Å². The molecule has 7 heteroatoms. The molecule has 0 bridgehead atoms. The molecule has 4 nitrogen and oxygen atoms in total. The predicted molar refractivity (Wildman–Crippen MR) is 108 cm³/mol. The zero-order valence-corrected chi connectivity index (χ0v) is 16.3. The largest absolute Gasteiger partial charge is 0.349 e. The van der Waals surface area contributed by atoms with Gasteiger partial charge in [-0.1, -0.05) is 41.4 Å². The van der Waals surface area contributed by atoms with Crippen LogP contribution in [0.3, 0.4) is 0 Å². The average Bonchev–Trinajstić information content (AvgIpc) is 3.41. The number of hydrogen-bond donors (Lipinski definition) is 2. The molecule has 136 valence electrons. The molecule has 2 aromatic rings. The molecule has 0 saturated heterocycles. The second kappa shape index (κ2) is 8.80. The molecule has 2 N–H and O–H groups in total. The summed E-state index contributed by atoms with van der Waals surface area (Å²) in [6.45, 7) is 0. The molecule has 2 aromatic carbocycles. The van der Waals surface area contributed by atoms with Crippen LogP contribution in [-0.2, 0) is 10.5 Å². The van der Waals surface area contributed by atoms with E-state index in [1.54, 1.807) is 36.4 Å². The van der Waals surface area contributed by atoms with E-state index in [0.29, 0.717) is 27.0 Å². The van der Waals surface area contributed by atoms with Gasteiger partial charge in [0, 0.05) is 21.8 Å². The Morgan fingerprint density at radius 3 is 2.62 bits per heavy atom. The first-order valence-corrected chi connectivity index (χ1v) is 10.2. The quantitative estimate of drug-likeness (QED) is 0.694. The zero-order valence-electron chi connectivity index (χ0n) is 13.9. The van der Waals surface area contributed by atoms with Crippen molar-refractivity contribution in [3.05, 3.63) is 63.6 Å². The van der Waals surface area contributed by atoms with E-state index in [1.165, 1.54) is 11.8 Å². The molecule has 0 unspecified atom stereocenters. The molecule has 0 atom stereocenters. The number of benzene rings is 2. The Morgan fingerprint density at radius 1 is 1.12 bits per heavy atom. The summed E-state index contributed by atoms with van der Waals surface area (Å²) in [6.07, 6.45) is 2.04. The molecule has 0 aromatic heterocycles. The van der Waals surface area contributed by atoms with Crippen LogP contribution in [0.25, 0.3) is 0 Å². The Hall–Kier alpha value is -1.69. The Kier molecular flexibility index (Phi) is 6.46. The maximum atomic E-state index is 12.3. The van der Waals surface area contributed by atoms with E-state index in [9.17, 15) is 9.59 Å². The van der Waals surface area contributed by atoms with Crippen LogP contribution >= 0.6 is 35.0 Å². The van der Waals surface area contributed by atoms with Gasteiger partial charge in [-0.05, 0) is 42.7 Å². The van der Waals surface area contributed by atoms with Crippen LogP contribution in [0.15, 0.2) is 42.5 Å². The predicted octanol–water partition coefficient (Wildman–Crippen LogP) is 4.76. The normalized spacial score (nSPS) is 13.3. The van der Waals surface area contributed by atoms with Gasteiger partial charge in [0.25, 0.3) is 5.91 Å². The molecule has 1 fully saturated rings. The molecule has 0 aliphatic heterocycles. The third kappa shape index (κ3) is 5.40. The third-order valence-electron chi connectivity index (χ3n) is 3.86. The number of rotatable bonds is 7.